The van der Waals surface area contributed by atoms with E-state index in [4.69, 9.17) is 23.2 Å². The van der Waals surface area contributed by atoms with Crippen LogP contribution in [0.4, 0.5) is 4.39 Å². The number of rotatable bonds is 2. The van der Waals surface area contributed by atoms with Crippen LogP contribution < -0.4 is 0 Å². The quantitative estimate of drug-likeness (QED) is 0.727. The fraction of sp³-hybridized carbons (Fsp3) is 0.286. The monoisotopic (exact) mass is 298 g/mol. The maximum absolute atomic E-state index is 13.3. The zero-order valence-electron chi connectivity index (χ0n) is 10.8. The van der Waals surface area contributed by atoms with E-state index in [0.717, 1.165) is 11.3 Å². The van der Waals surface area contributed by atoms with Crippen molar-refractivity contribution in [2.24, 2.45) is 0 Å². The third-order valence-electron chi connectivity index (χ3n) is 2.79. The van der Waals surface area contributed by atoms with E-state index < -0.39 is 5.82 Å². The molecule has 0 saturated heterocycles. The van der Waals surface area contributed by atoms with Gasteiger partial charge < -0.3 is 0 Å². The minimum absolute atomic E-state index is 0.234. The van der Waals surface area contributed by atoms with Crippen molar-refractivity contribution in [3.05, 3.63) is 45.4 Å². The summed E-state index contributed by atoms with van der Waals surface area (Å²) in [5.41, 5.74) is 2.23. The molecular weight excluding hydrogens is 286 g/mol. The molecule has 100 valence electrons. The Bertz CT molecular complexity index is 584. The molecule has 0 aliphatic rings. The second kappa shape index (κ2) is 5.43. The summed E-state index contributed by atoms with van der Waals surface area (Å²) in [6.45, 7) is 5.92. The molecule has 0 aliphatic heterocycles. The largest absolute Gasteiger partial charge is 0.233 e. The Hall–Kier alpha value is -1.19. The van der Waals surface area contributed by atoms with Crippen molar-refractivity contribution in [1.82, 2.24) is 9.97 Å². The van der Waals surface area contributed by atoms with Gasteiger partial charge in [-0.05, 0) is 31.0 Å². The predicted molar refractivity (Wildman–Crippen MR) is 76.3 cm³/mol. The van der Waals surface area contributed by atoms with E-state index in [-0.39, 0.29) is 5.92 Å². The molecule has 2 nitrogen and oxygen atoms in total. The number of benzene rings is 1. The zero-order valence-corrected chi connectivity index (χ0v) is 12.3. The molecule has 0 saturated carbocycles. The third-order valence-corrected chi connectivity index (χ3v) is 3.29. The van der Waals surface area contributed by atoms with Crippen LogP contribution in [0.25, 0.3) is 11.4 Å². The van der Waals surface area contributed by atoms with Crippen LogP contribution in [0.3, 0.4) is 0 Å². The number of aromatic nitrogens is 2. The first-order valence-corrected chi connectivity index (χ1v) is 6.64. The summed E-state index contributed by atoms with van der Waals surface area (Å²) in [7, 11) is 0. The fourth-order valence-corrected chi connectivity index (χ4v) is 2.67. The van der Waals surface area contributed by atoms with E-state index in [2.05, 4.69) is 9.97 Å². The molecular formula is C14H13Cl2FN2. The van der Waals surface area contributed by atoms with Crippen molar-refractivity contribution in [2.45, 2.75) is 26.7 Å². The molecule has 0 atom stereocenters. The average molecular weight is 299 g/mol. The van der Waals surface area contributed by atoms with E-state index in [1.165, 1.54) is 12.1 Å². The van der Waals surface area contributed by atoms with Crippen LogP contribution in [-0.2, 0) is 0 Å². The summed E-state index contributed by atoms with van der Waals surface area (Å²) in [5, 5.41) is 0.707. The first kappa shape index (κ1) is 14.2. The Balaban J connectivity index is 2.58. The van der Waals surface area contributed by atoms with Crippen LogP contribution in [0.2, 0.25) is 10.2 Å². The van der Waals surface area contributed by atoms with Crippen molar-refractivity contribution in [1.29, 1.82) is 0 Å². The van der Waals surface area contributed by atoms with Gasteiger partial charge in [0.05, 0.1) is 0 Å². The van der Waals surface area contributed by atoms with Crippen molar-refractivity contribution in [3.63, 3.8) is 0 Å². The molecule has 0 spiro atoms. The van der Waals surface area contributed by atoms with Crippen LogP contribution in [0.15, 0.2) is 18.2 Å². The van der Waals surface area contributed by atoms with Crippen molar-refractivity contribution in [2.75, 3.05) is 0 Å². The molecule has 0 fully saturated rings. The molecule has 0 bridgehead atoms. The Morgan fingerprint density at radius 2 is 1.79 bits per heavy atom. The van der Waals surface area contributed by atoms with Crippen LogP contribution in [0.1, 0.15) is 31.0 Å². The zero-order chi connectivity index (χ0) is 14.2. The van der Waals surface area contributed by atoms with Crippen LogP contribution in [0, 0.1) is 12.7 Å². The summed E-state index contributed by atoms with van der Waals surface area (Å²) in [6, 6.07) is 4.19. The number of aryl methyl sites for hydroxylation is 1. The normalized spacial score (nSPS) is 11.1. The van der Waals surface area contributed by atoms with Crippen LogP contribution in [0.5, 0.6) is 0 Å². The predicted octanol–water partition coefficient (Wildman–Crippen LogP) is 5.02. The van der Waals surface area contributed by atoms with Gasteiger partial charge in [-0.2, -0.15) is 0 Å². The summed E-state index contributed by atoms with van der Waals surface area (Å²) in [6.07, 6.45) is 0. The molecule has 0 N–H and O–H groups in total. The highest BCUT2D eigenvalue weighted by Gasteiger charge is 2.14. The van der Waals surface area contributed by atoms with Crippen LogP contribution in [-0.4, -0.2) is 9.97 Å². The minimum atomic E-state index is -0.423. The Kier molecular flexibility index (Phi) is 4.07. The van der Waals surface area contributed by atoms with Gasteiger partial charge in [0.2, 0.25) is 0 Å². The number of hydrogen-bond donors (Lipinski definition) is 0. The topological polar surface area (TPSA) is 25.8 Å². The van der Waals surface area contributed by atoms with Gasteiger partial charge in [-0.25, -0.2) is 14.4 Å². The molecule has 2 rings (SSSR count). The molecule has 1 aromatic heterocycles. The Morgan fingerprint density at radius 3 is 2.32 bits per heavy atom. The molecule has 0 aliphatic carbocycles. The van der Waals surface area contributed by atoms with Crippen LogP contribution >= 0.6 is 23.2 Å². The smallest absolute Gasteiger partial charge is 0.161 e. The summed E-state index contributed by atoms with van der Waals surface area (Å²) in [4.78, 5) is 8.62. The van der Waals surface area contributed by atoms with Gasteiger partial charge >= 0.3 is 0 Å². The van der Waals surface area contributed by atoms with Crippen molar-refractivity contribution in [3.8, 4) is 11.4 Å². The molecule has 1 heterocycles. The van der Waals surface area contributed by atoms with E-state index in [0.29, 0.717) is 21.6 Å². The number of hydrogen-bond acceptors (Lipinski definition) is 2. The lowest BCUT2D eigenvalue weighted by Crippen LogP contribution is -2.02. The summed E-state index contributed by atoms with van der Waals surface area (Å²) >= 11 is 12.0. The average Bonchev–Trinajstić information content (AvgIpc) is 2.25. The highest BCUT2D eigenvalue weighted by Crippen LogP contribution is 2.29. The van der Waals surface area contributed by atoms with Gasteiger partial charge in [-0.1, -0.05) is 37.0 Å². The van der Waals surface area contributed by atoms with E-state index in [9.17, 15) is 4.39 Å². The maximum Gasteiger partial charge on any atom is 0.161 e. The molecule has 0 radical (unpaired) electrons. The molecule has 2 aromatic rings. The van der Waals surface area contributed by atoms with Gasteiger partial charge in [-0.15, -0.1) is 0 Å². The van der Waals surface area contributed by atoms with E-state index in [1.54, 1.807) is 6.07 Å². The van der Waals surface area contributed by atoms with E-state index in [1.807, 2.05) is 20.8 Å². The third kappa shape index (κ3) is 3.04. The molecule has 19 heavy (non-hydrogen) atoms. The van der Waals surface area contributed by atoms with Gasteiger partial charge in [0.25, 0.3) is 0 Å². The van der Waals surface area contributed by atoms with Gasteiger partial charge in [0.15, 0.2) is 5.82 Å². The Morgan fingerprint density at radius 1 is 1.11 bits per heavy atom. The lowest BCUT2D eigenvalue weighted by Gasteiger charge is -2.12. The molecule has 0 amide bonds. The number of nitrogens with zero attached hydrogens (tertiary/aromatic N) is 2. The summed E-state index contributed by atoms with van der Waals surface area (Å²) < 4.78 is 13.3. The minimum Gasteiger partial charge on any atom is -0.233 e. The first-order chi connectivity index (χ1) is 8.88. The Labute approximate surface area is 121 Å². The SMILES string of the molecule is Cc1nc(-c2cc(F)cc(Cl)c2)nc(Cl)c1C(C)C. The van der Waals surface area contributed by atoms with Gasteiger partial charge in [0.1, 0.15) is 11.0 Å². The van der Waals surface area contributed by atoms with Crippen molar-refractivity contribution < 1.29 is 4.39 Å². The number of halogens is 3. The first-order valence-electron chi connectivity index (χ1n) is 5.89. The van der Waals surface area contributed by atoms with Gasteiger partial charge in [0, 0.05) is 21.8 Å². The fourth-order valence-electron chi connectivity index (χ4n) is 2.01. The second-order valence-electron chi connectivity index (χ2n) is 4.65. The molecule has 5 heteroatoms. The molecule has 0 unspecified atom stereocenters. The summed E-state index contributed by atoms with van der Waals surface area (Å²) in [5.74, 6) is 0.193. The van der Waals surface area contributed by atoms with Gasteiger partial charge in [-0.3, -0.25) is 0 Å². The lowest BCUT2D eigenvalue weighted by atomic mass is 10.0. The highest BCUT2D eigenvalue weighted by molar-refractivity contribution is 6.31. The standard InChI is InChI=1S/C14H13Cl2FN2/c1-7(2)12-8(3)18-14(19-13(12)16)9-4-10(15)6-11(17)5-9/h4-7H,1-3H3. The second-order valence-corrected chi connectivity index (χ2v) is 5.44. The molecule has 1 aromatic carbocycles. The van der Waals surface area contributed by atoms with Crippen molar-refractivity contribution >= 4 is 23.2 Å². The maximum atomic E-state index is 13.3. The highest BCUT2D eigenvalue weighted by atomic mass is 35.5. The lowest BCUT2D eigenvalue weighted by molar-refractivity contribution is 0.628. The van der Waals surface area contributed by atoms with E-state index >= 15 is 0 Å².